The molecule has 1 fully saturated rings. The lowest BCUT2D eigenvalue weighted by Crippen LogP contribution is -2.28. The highest BCUT2D eigenvalue weighted by molar-refractivity contribution is 5.30. The Morgan fingerprint density at radius 1 is 1.38 bits per heavy atom. The van der Waals surface area contributed by atoms with Crippen molar-refractivity contribution in [1.82, 2.24) is 0 Å². The van der Waals surface area contributed by atoms with Gasteiger partial charge in [-0.05, 0) is 42.9 Å². The summed E-state index contributed by atoms with van der Waals surface area (Å²) >= 11 is 0. The molecule has 0 aromatic heterocycles. The average molecular weight is 223 g/mol. The van der Waals surface area contributed by atoms with Crippen LogP contribution in [-0.4, -0.2) is 13.2 Å². The highest BCUT2D eigenvalue weighted by Gasteiger charge is 2.23. The highest BCUT2D eigenvalue weighted by Crippen LogP contribution is 2.30. The number of nitrogens with two attached hydrogens (primary N) is 1. The average Bonchev–Trinajstić information content (AvgIpc) is 2.33. The van der Waals surface area contributed by atoms with E-state index in [9.17, 15) is 4.39 Å². The minimum absolute atomic E-state index is 0.0698. The van der Waals surface area contributed by atoms with Crippen LogP contribution >= 0.6 is 0 Å². The smallest absolute Gasteiger partial charge is 0.126 e. The molecule has 88 valence electrons. The van der Waals surface area contributed by atoms with Gasteiger partial charge in [-0.1, -0.05) is 12.1 Å². The van der Waals surface area contributed by atoms with Crippen molar-refractivity contribution in [2.75, 3.05) is 13.2 Å². The number of ether oxygens (including phenoxy) is 1. The van der Waals surface area contributed by atoms with Gasteiger partial charge >= 0.3 is 0 Å². The van der Waals surface area contributed by atoms with Crippen molar-refractivity contribution < 1.29 is 9.13 Å². The molecule has 1 heterocycles. The van der Waals surface area contributed by atoms with Gasteiger partial charge in [0.05, 0.1) is 0 Å². The van der Waals surface area contributed by atoms with Crippen molar-refractivity contribution in [3.8, 4) is 0 Å². The summed E-state index contributed by atoms with van der Waals surface area (Å²) in [5, 5.41) is 0. The molecule has 1 atom stereocenters. The fourth-order valence-corrected chi connectivity index (χ4v) is 2.31. The maximum absolute atomic E-state index is 13.4. The molecule has 0 spiro atoms. The van der Waals surface area contributed by atoms with Crippen LogP contribution < -0.4 is 5.73 Å². The SMILES string of the molecule is Cc1c(F)cccc1[C@@H](N)C1CCOCC1. The molecule has 1 aliphatic heterocycles. The lowest BCUT2D eigenvalue weighted by molar-refractivity contribution is 0.0583. The second-order valence-electron chi connectivity index (χ2n) is 4.43. The van der Waals surface area contributed by atoms with Gasteiger partial charge in [0.25, 0.3) is 0 Å². The van der Waals surface area contributed by atoms with Crippen molar-refractivity contribution in [2.24, 2.45) is 11.7 Å². The summed E-state index contributed by atoms with van der Waals surface area (Å²) in [5.74, 6) is 0.245. The largest absolute Gasteiger partial charge is 0.381 e. The third kappa shape index (κ3) is 2.25. The van der Waals surface area contributed by atoms with Gasteiger partial charge in [-0.15, -0.1) is 0 Å². The molecule has 0 saturated carbocycles. The molecule has 1 saturated heterocycles. The van der Waals surface area contributed by atoms with Crippen LogP contribution in [-0.2, 0) is 4.74 Å². The Balaban J connectivity index is 2.19. The van der Waals surface area contributed by atoms with E-state index in [1.54, 1.807) is 13.0 Å². The Hall–Kier alpha value is -0.930. The zero-order valence-electron chi connectivity index (χ0n) is 9.58. The third-order valence-electron chi connectivity index (χ3n) is 3.44. The third-order valence-corrected chi connectivity index (χ3v) is 3.44. The topological polar surface area (TPSA) is 35.2 Å². The van der Waals surface area contributed by atoms with Crippen LogP contribution in [0.2, 0.25) is 0 Å². The van der Waals surface area contributed by atoms with E-state index in [1.165, 1.54) is 6.07 Å². The van der Waals surface area contributed by atoms with E-state index >= 15 is 0 Å². The van der Waals surface area contributed by atoms with Gasteiger partial charge in [-0.3, -0.25) is 0 Å². The first-order valence-corrected chi connectivity index (χ1v) is 5.78. The Morgan fingerprint density at radius 3 is 2.75 bits per heavy atom. The van der Waals surface area contributed by atoms with E-state index in [0.29, 0.717) is 11.5 Å². The fraction of sp³-hybridized carbons (Fsp3) is 0.538. The molecule has 3 heteroatoms. The summed E-state index contributed by atoms with van der Waals surface area (Å²) in [7, 11) is 0. The number of hydrogen-bond donors (Lipinski definition) is 1. The zero-order chi connectivity index (χ0) is 11.5. The van der Waals surface area contributed by atoms with Crippen LogP contribution in [0.15, 0.2) is 18.2 Å². The van der Waals surface area contributed by atoms with Crippen LogP contribution in [0.4, 0.5) is 4.39 Å². The standard InChI is InChI=1S/C13H18FNO/c1-9-11(3-2-4-12(9)14)13(15)10-5-7-16-8-6-10/h2-4,10,13H,5-8,15H2,1H3/t13-/m0/s1. The number of benzene rings is 1. The second-order valence-corrected chi connectivity index (χ2v) is 4.43. The summed E-state index contributed by atoms with van der Waals surface area (Å²) in [6.45, 7) is 3.34. The summed E-state index contributed by atoms with van der Waals surface area (Å²) in [4.78, 5) is 0. The van der Waals surface area contributed by atoms with Crippen LogP contribution in [0.5, 0.6) is 0 Å². The van der Waals surface area contributed by atoms with Gasteiger partial charge in [0.1, 0.15) is 5.82 Å². The molecule has 2 nitrogen and oxygen atoms in total. The zero-order valence-corrected chi connectivity index (χ0v) is 9.58. The maximum Gasteiger partial charge on any atom is 0.126 e. The minimum Gasteiger partial charge on any atom is -0.381 e. The van der Waals surface area contributed by atoms with Gasteiger partial charge in [0.2, 0.25) is 0 Å². The van der Waals surface area contributed by atoms with E-state index in [0.717, 1.165) is 31.6 Å². The van der Waals surface area contributed by atoms with Crippen LogP contribution in [0, 0.1) is 18.7 Å². The van der Waals surface area contributed by atoms with E-state index < -0.39 is 0 Å². The summed E-state index contributed by atoms with van der Waals surface area (Å²) in [6, 6.07) is 5.07. The first kappa shape index (κ1) is 11.6. The van der Waals surface area contributed by atoms with Crippen LogP contribution in [0.3, 0.4) is 0 Å². The number of rotatable bonds is 2. The monoisotopic (exact) mass is 223 g/mol. The molecule has 0 amide bonds. The Morgan fingerprint density at radius 2 is 2.06 bits per heavy atom. The Bertz CT molecular complexity index is 361. The predicted octanol–water partition coefficient (Wildman–Crippen LogP) is 2.56. The van der Waals surface area contributed by atoms with Gasteiger partial charge in [-0.2, -0.15) is 0 Å². The molecule has 0 aliphatic carbocycles. The lowest BCUT2D eigenvalue weighted by atomic mass is 9.86. The van der Waals surface area contributed by atoms with E-state index in [-0.39, 0.29) is 11.9 Å². The Kier molecular flexibility index (Phi) is 3.56. The van der Waals surface area contributed by atoms with Gasteiger partial charge in [-0.25, -0.2) is 4.39 Å². The van der Waals surface area contributed by atoms with E-state index in [1.807, 2.05) is 6.07 Å². The normalized spacial score (nSPS) is 19.7. The first-order chi connectivity index (χ1) is 7.70. The number of halogens is 1. The maximum atomic E-state index is 13.4. The van der Waals surface area contributed by atoms with E-state index in [2.05, 4.69) is 0 Å². The van der Waals surface area contributed by atoms with Gasteiger partial charge < -0.3 is 10.5 Å². The molecule has 16 heavy (non-hydrogen) atoms. The molecule has 0 bridgehead atoms. The molecule has 0 unspecified atom stereocenters. The summed E-state index contributed by atoms with van der Waals surface area (Å²) < 4.78 is 18.7. The quantitative estimate of drug-likeness (QED) is 0.836. The lowest BCUT2D eigenvalue weighted by Gasteiger charge is -2.28. The molecule has 1 aromatic carbocycles. The molecule has 2 rings (SSSR count). The van der Waals surface area contributed by atoms with Crippen LogP contribution in [0.25, 0.3) is 0 Å². The van der Waals surface area contributed by atoms with Gasteiger partial charge in [0.15, 0.2) is 0 Å². The van der Waals surface area contributed by atoms with Crippen molar-refractivity contribution in [3.05, 3.63) is 35.1 Å². The molecule has 2 N–H and O–H groups in total. The molecule has 0 radical (unpaired) electrons. The second kappa shape index (κ2) is 4.93. The summed E-state index contributed by atoms with van der Waals surface area (Å²) in [5.41, 5.74) is 7.84. The first-order valence-electron chi connectivity index (χ1n) is 5.78. The molecular formula is C13H18FNO. The predicted molar refractivity (Wildman–Crippen MR) is 61.6 cm³/mol. The highest BCUT2D eigenvalue weighted by atomic mass is 19.1. The molecule has 1 aromatic rings. The van der Waals surface area contributed by atoms with Crippen molar-refractivity contribution in [1.29, 1.82) is 0 Å². The summed E-state index contributed by atoms with van der Waals surface area (Å²) in [6.07, 6.45) is 1.94. The fourth-order valence-electron chi connectivity index (χ4n) is 2.31. The van der Waals surface area contributed by atoms with Crippen molar-refractivity contribution in [2.45, 2.75) is 25.8 Å². The van der Waals surface area contributed by atoms with Crippen molar-refractivity contribution in [3.63, 3.8) is 0 Å². The Labute approximate surface area is 95.6 Å². The van der Waals surface area contributed by atoms with Gasteiger partial charge in [0, 0.05) is 19.3 Å². The van der Waals surface area contributed by atoms with Crippen LogP contribution in [0.1, 0.15) is 30.0 Å². The minimum atomic E-state index is -0.167. The number of hydrogen-bond acceptors (Lipinski definition) is 2. The molecule has 1 aliphatic rings. The molecular weight excluding hydrogens is 205 g/mol. The van der Waals surface area contributed by atoms with E-state index in [4.69, 9.17) is 10.5 Å². The van der Waals surface area contributed by atoms with Crippen molar-refractivity contribution >= 4 is 0 Å².